The highest BCUT2D eigenvalue weighted by molar-refractivity contribution is 5.87. The first-order valence-electron chi connectivity index (χ1n) is 10.8. The molecule has 8 nitrogen and oxygen atoms in total. The van der Waals surface area contributed by atoms with Gasteiger partial charge in [-0.05, 0) is 26.0 Å². The summed E-state index contributed by atoms with van der Waals surface area (Å²) >= 11 is 0. The topological polar surface area (TPSA) is 71.0 Å². The maximum atomic E-state index is 13.7. The quantitative estimate of drug-likeness (QED) is 0.590. The fourth-order valence-electron chi connectivity index (χ4n) is 4.47. The highest BCUT2D eigenvalue weighted by atomic mass is 19.1. The lowest BCUT2D eigenvalue weighted by atomic mass is 10.1. The SMILES string of the molecule is C=CC(=O)N1CCN(c2nc(OC[C@@H]3C[C@@H](F)CN3C)nc3c2=C(OC)CCC=3)CC1. The van der Waals surface area contributed by atoms with Crippen LogP contribution in [0.2, 0.25) is 0 Å². The molecular formula is C22H30FN5O3. The molecule has 0 unspecified atom stereocenters. The lowest BCUT2D eigenvalue weighted by Gasteiger charge is -2.35. The number of carbonyl (C=O) groups is 1. The lowest BCUT2D eigenvalue weighted by molar-refractivity contribution is -0.126. The number of fused-ring (bicyclic) bond motifs is 1. The zero-order chi connectivity index (χ0) is 22.0. The van der Waals surface area contributed by atoms with Gasteiger partial charge in [0.25, 0.3) is 0 Å². The first kappa shape index (κ1) is 21.5. The van der Waals surface area contributed by atoms with Crippen molar-refractivity contribution in [1.29, 1.82) is 0 Å². The van der Waals surface area contributed by atoms with Gasteiger partial charge in [0.2, 0.25) is 5.91 Å². The molecule has 0 bridgehead atoms. The summed E-state index contributed by atoms with van der Waals surface area (Å²) in [5, 5.41) is 1.70. The Bertz CT molecular complexity index is 961. The number of hydrogen-bond donors (Lipinski definition) is 0. The second-order valence-corrected chi connectivity index (χ2v) is 8.21. The summed E-state index contributed by atoms with van der Waals surface area (Å²) in [5.74, 6) is 1.57. The van der Waals surface area contributed by atoms with Gasteiger partial charge < -0.3 is 19.3 Å². The molecular weight excluding hydrogens is 401 g/mol. The van der Waals surface area contributed by atoms with Crippen LogP contribution in [0.25, 0.3) is 11.8 Å². The van der Waals surface area contributed by atoms with E-state index in [0.717, 1.165) is 35.0 Å². The Morgan fingerprint density at radius 3 is 2.74 bits per heavy atom. The normalized spacial score (nSPS) is 23.9. The number of hydrogen-bond acceptors (Lipinski definition) is 7. The van der Waals surface area contributed by atoms with E-state index in [0.29, 0.717) is 51.8 Å². The fourth-order valence-corrected chi connectivity index (χ4v) is 4.47. The molecule has 2 aliphatic heterocycles. The highest BCUT2D eigenvalue weighted by Gasteiger charge is 2.30. The van der Waals surface area contributed by atoms with Crippen molar-refractivity contribution in [3.63, 3.8) is 0 Å². The summed E-state index contributed by atoms with van der Waals surface area (Å²) in [6.45, 7) is 6.83. The zero-order valence-electron chi connectivity index (χ0n) is 18.2. The van der Waals surface area contributed by atoms with Crippen molar-refractivity contribution in [2.24, 2.45) is 0 Å². The highest BCUT2D eigenvalue weighted by Crippen LogP contribution is 2.20. The van der Waals surface area contributed by atoms with Gasteiger partial charge in [-0.1, -0.05) is 12.7 Å². The van der Waals surface area contributed by atoms with Gasteiger partial charge in [0, 0.05) is 45.2 Å². The third-order valence-electron chi connectivity index (χ3n) is 6.24. The van der Waals surface area contributed by atoms with Crippen LogP contribution in [0, 0.1) is 0 Å². The van der Waals surface area contributed by atoms with Crippen LogP contribution in [-0.4, -0.2) is 91.4 Å². The Morgan fingerprint density at radius 2 is 2.10 bits per heavy atom. The van der Waals surface area contributed by atoms with Gasteiger partial charge in [-0.15, -0.1) is 0 Å². The third-order valence-corrected chi connectivity index (χ3v) is 6.24. The second-order valence-electron chi connectivity index (χ2n) is 8.21. The first-order valence-corrected chi connectivity index (χ1v) is 10.8. The van der Waals surface area contributed by atoms with Gasteiger partial charge in [-0.3, -0.25) is 9.69 Å². The standard InChI is InChI=1S/C22H30FN5O3/c1-4-19(29)27-8-10-28(11-9-27)21-20-17(6-5-7-18(20)30-3)24-22(25-21)31-14-16-12-15(23)13-26(16)2/h4,6,15-16H,1,5,7-14H2,2-3H3/t15-,16+/m1/s1. The minimum Gasteiger partial charge on any atom is -0.500 e. The van der Waals surface area contributed by atoms with Crippen LogP contribution >= 0.6 is 0 Å². The van der Waals surface area contributed by atoms with Crippen molar-refractivity contribution < 1.29 is 18.7 Å². The number of ether oxygens (including phenoxy) is 2. The van der Waals surface area contributed by atoms with Gasteiger partial charge in [0.1, 0.15) is 24.4 Å². The van der Waals surface area contributed by atoms with E-state index >= 15 is 0 Å². The van der Waals surface area contributed by atoms with Crippen molar-refractivity contribution in [1.82, 2.24) is 19.8 Å². The van der Waals surface area contributed by atoms with Gasteiger partial charge >= 0.3 is 6.01 Å². The Hall–Kier alpha value is -2.68. The number of carbonyl (C=O) groups excluding carboxylic acids is 1. The number of likely N-dealkylation sites (tertiary alicyclic amines) is 1. The number of aromatic nitrogens is 2. The van der Waals surface area contributed by atoms with Crippen LogP contribution in [0.5, 0.6) is 6.01 Å². The largest absolute Gasteiger partial charge is 0.500 e. The maximum absolute atomic E-state index is 13.7. The number of piperazine rings is 1. The molecule has 1 aliphatic carbocycles. The molecule has 0 spiro atoms. The summed E-state index contributed by atoms with van der Waals surface area (Å²) < 4.78 is 25.3. The Morgan fingerprint density at radius 1 is 1.32 bits per heavy atom. The summed E-state index contributed by atoms with van der Waals surface area (Å²) in [7, 11) is 3.58. The van der Waals surface area contributed by atoms with Crippen LogP contribution in [0.3, 0.4) is 0 Å². The predicted molar refractivity (Wildman–Crippen MR) is 116 cm³/mol. The number of amides is 1. The van der Waals surface area contributed by atoms with Gasteiger partial charge in [-0.25, -0.2) is 4.39 Å². The average Bonchev–Trinajstić information content (AvgIpc) is 3.12. The van der Waals surface area contributed by atoms with Gasteiger partial charge in [0.05, 0.1) is 17.7 Å². The summed E-state index contributed by atoms with van der Waals surface area (Å²) in [5.41, 5.74) is 0. The van der Waals surface area contributed by atoms with Crippen molar-refractivity contribution >= 4 is 23.6 Å². The van der Waals surface area contributed by atoms with E-state index in [1.165, 1.54) is 6.08 Å². The molecule has 2 atom stereocenters. The van der Waals surface area contributed by atoms with E-state index in [4.69, 9.17) is 14.5 Å². The molecule has 3 heterocycles. The minimum absolute atomic E-state index is 0.0108. The number of anilines is 1. The predicted octanol–water partition coefficient (Wildman–Crippen LogP) is 0.0611. The van der Waals surface area contributed by atoms with Crippen LogP contribution in [-0.2, 0) is 9.53 Å². The average molecular weight is 432 g/mol. The summed E-state index contributed by atoms with van der Waals surface area (Å²) in [4.78, 5) is 27.2. The van der Waals surface area contributed by atoms with E-state index in [1.54, 1.807) is 12.0 Å². The van der Waals surface area contributed by atoms with Crippen molar-refractivity contribution in [2.75, 3.05) is 58.4 Å². The molecule has 0 radical (unpaired) electrons. The number of methoxy groups -OCH3 is 1. The summed E-state index contributed by atoms with van der Waals surface area (Å²) in [6, 6.07) is 0.305. The molecule has 0 N–H and O–H groups in total. The smallest absolute Gasteiger partial charge is 0.318 e. The molecule has 0 aromatic carbocycles. The van der Waals surface area contributed by atoms with Crippen molar-refractivity contribution in [3.05, 3.63) is 23.2 Å². The van der Waals surface area contributed by atoms with Gasteiger partial charge in [-0.2, -0.15) is 9.97 Å². The Kier molecular flexibility index (Phi) is 6.41. The lowest BCUT2D eigenvalue weighted by Crippen LogP contribution is -2.51. The fraction of sp³-hybridized carbons (Fsp3) is 0.591. The van der Waals surface area contributed by atoms with E-state index in [1.807, 2.05) is 11.9 Å². The monoisotopic (exact) mass is 431 g/mol. The molecule has 31 heavy (non-hydrogen) atoms. The molecule has 9 heteroatoms. The molecule has 168 valence electrons. The third kappa shape index (κ3) is 4.51. The number of halogens is 1. The van der Waals surface area contributed by atoms with E-state index in [9.17, 15) is 9.18 Å². The van der Waals surface area contributed by atoms with Gasteiger partial charge in [0.15, 0.2) is 0 Å². The molecule has 2 fully saturated rings. The molecule has 0 saturated carbocycles. The number of nitrogens with zero attached hydrogens (tertiary/aromatic N) is 5. The molecule has 1 aromatic heterocycles. The van der Waals surface area contributed by atoms with Crippen LogP contribution in [0.4, 0.5) is 10.2 Å². The molecule has 2 saturated heterocycles. The molecule has 1 aromatic rings. The zero-order valence-corrected chi connectivity index (χ0v) is 18.2. The first-order chi connectivity index (χ1) is 15.0. The maximum Gasteiger partial charge on any atom is 0.318 e. The summed E-state index contributed by atoms with van der Waals surface area (Å²) in [6.07, 6.45) is 4.69. The van der Waals surface area contributed by atoms with Crippen LogP contribution in [0.15, 0.2) is 12.7 Å². The number of alkyl halides is 1. The van der Waals surface area contributed by atoms with Crippen molar-refractivity contribution in [2.45, 2.75) is 31.5 Å². The van der Waals surface area contributed by atoms with E-state index < -0.39 is 6.17 Å². The molecule has 4 rings (SSSR count). The molecule has 1 amide bonds. The Balaban J connectivity index is 1.61. The van der Waals surface area contributed by atoms with E-state index in [2.05, 4.69) is 22.5 Å². The number of rotatable bonds is 6. The number of likely N-dealkylation sites (N-methyl/N-ethyl adjacent to an activating group) is 1. The Labute approximate surface area is 181 Å². The minimum atomic E-state index is -0.819. The van der Waals surface area contributed by atoms with E-state index in [-0.39, 0.29) is 11.9 Å². The van der Waals surface area contributed by atoms with Crippen molar-refractivity contribution in [3.8, 4) is 6.01 Å². The van der Waals surface area contributed by atoms with Crippen LogP contribution < -0.4 is 20.2 Å². The second kappa shape index (κ2) is 9.21. The van der Waals surface area contributed by atoms with Crippen LogP contribution in [0.1, 0.15) is 19.3 Å². The molecule has 3 aliphatic rings.